The molecule has 0 spiro atoms. The van der Waals surface area contributed by atoms with Gasteiger partial charge in [0.15, 0.2) is 0 Å². The molecule has 3 aromatic rings. The van der Waals surface area contributed by atoms with Crippen molar-refractivity contribution in [2.45, 2.75) is 0 Å². The molecule has 6 nitrogen and oxygen atoms in total. The summed E-state index contributed by atoms with van der Waals surface area (Å²) >= 11 is 0. The van der Waals surface area contributed by atoms with Crippen LogP contribution in [-0.2, 0) is 4.74 Å². The molecule has 0 unspecified atom stereocenters. The number of fused-ring (bicyclic) bond motifs is 3. The topological polar surface area (TPSA) is 69.1 Å². The maximum atomic E-state index is 12.5. The number of pyridine rings is 1. The molecule has 0 radical (unpaired) electrons. The lowest BCUT2D eigenvalue weighted by Gasteiger charge is -2.02. The highest BCUT2D eigenvalue weighted by Gasteiger charge is 2.15. The highest BCUT2D eigenvalue weighted by molar-refractivity contribution is 6.03. The van der Waals surface area contributed by atoms with Gasteiger partial charge in [-0.15, -0.1) is 0 Å². The monoisotopic (exact) mass is 283 g/mol. The number of aromatic amines is 1. The number of nitrogens with one attached hydrogen (secondary N) is 1. The van der Waals surface area contributed by atoms with E-state index in [1.54, 1.807) is 13.3 Å². The van der Waals surface area contributed by atoms with Crippen LogP contribution in [0.3, 0.4) is 0 Å². The predicted octanol–water partition coefficient (Wildman–Crippen LogP) is 1.76. The molecule has 0 fully saturated rings. The second-order valence-corrected chi connectivity index (χ2v) is 4.89. The van der Waals surface area contributed by atoms with Gasteiger partial charge in [0.1, 0.15) is 5.75 Å². The number of hydrogen-bond acceptors (Lipinski definition) is 4. The van der Waals surface area contributed by atoms with E-state index >= 15 is 0 Å². The van der Waals surface area contributed by atoms with Crippen LogP contribution in [0.2, 0.25) is 0 Å². The molecule has 1 aromatic carbocycles. The number of methoxy groups -OCH3 is 1. The Labute approximate surface area is 119 Å². The maximum absolute atomic E-state index is 12.5. The molecule has 4 rings (SSSR count). The Hall–Kier alpha value is -2.60. The SMILES string of the molecule is COc1ccc2ncc3c(=O)n(C4=CCOC4)[nH]c3c2c1. The van der Waals surface area contributed by atoms with Gasteiger partial charge in [0.25, 0.3) is 5.56 Å². The molecule has 3 heterocycles. The third kappa shape index (κ3) is 1.76. The fourth-order valence-corrected chi connectivity index (χ4v) is 2.60. The van der Waals surface area contributed by atoms with Crippen molar-refractivity contribution < 1.29 is 9.47 Å². The molecule has 1 N–H and O–H groups in total. The molecule has 0 atom stereocenters. The highest BCUT2D eigenvalue weighted by Crippen LogP contribution is 2.25. The van der Waals surface area contributed by atoms with Crippen molar-refractivity contribution >= 4 is 27.5 Å². The second-order valence-electron chi connectivity index (χ2n) is 4.89. The summed E-state index contributed by atoms with van der Waals surface area (Å²) < 4.78 is 12.1. The van der Waals surface area contributed by atoms with Gasteiger partial charge in [0.05, 0.1) is 42.4 Å². The van der Waals surface area contributed by atoms with Crippen LogP contribution in [0.25, 0.3) is 27.5 Å². The summed E-state index contributed by atoms with van der Waals surface area (Å²) in [7, 11) is 1.61. The number of hydrogen-bond donors (Lipinski definition) is 1. The van der Waals surface area contributed by atoms with Crippen molar-refractivity contribution in [3.63, 3.8) is 0 Å². The number of aromatic nitrogens is 3. The first-order valence-electron chi connectivity index (χ1n) is 6.62. The van der Waals surface area contributed by atoms with Gasteiger partial charge in [0, 0.05) is 11.6 Å². The van der Waals surface area contributed by atoms with Gasteiger partial charge in [-0.25, -0.2) is 4.68 Å². The van der Waals surface area contributed by atoms with E-state index in [4.69, 9.17) is 9.47 Å². The van der Waals surface area contributed by atoms with Crippen LogP contribution in [-0.4, -0.2) is 35.1 Å². The fraction of sp³-hybridized carbons (Fsp3) is 0.200. The fourth-order valence-electron chi connectivity index (χ4n) is 2.60. The summed E-state index contributed by atoms with van der Waals surface area (Å²) in [5.41, 5.74) is 2.29. The summed E-state index contributed by atoms with van der Waals surface area (Å²) in [6.45, 7) is 0.964. The summed E-state index contributed by atoms with van der Waals surface area (Å²) in [5, 5.41) is 4.58. The maximum Gasteiger partial charge on any atom is 0.280 e. The first-order valence-corrected chi connectivity index (χ1v) is 6.62. The number of benzene rings is 1. The van der Waals surface area contributed by atoms with Gasteiger partial charge in [0.2, 0.25) is 0 Å². The average Bonchev–Trinajstić information content (AvgIpc) is 3.15. The lowest BCUT2D eigenvalue weighted by molar-refractivity contribution is 0.213. The van der Waals surface area contributed by atoms with E-state index in [1.165, 1.54) is 4.68 Å². The summed E-state index contributed by atoms with van der Waals surface area (Å²) in [5.74, 6) is 0.730. The second kappa shape index (κ2) is 4.46. The molecule has 0 amide bonds. The molecule has 0 saturated carbocycles. The third-order valence-electron chi connectivity index (χ3n) is 3.71. The highest BCUT2D eigenvalue weighted by atomic mass is 16.5. The van der Waals surface area contributed by atoms with Crippen LogP contribution < -0.4 is 10.3 Å². The van der Waals surface area contributed by atoms with Crippen LogP contribution in [0, 0.1) is 0 Å². The molecule has 6 heteroatoms. The Balaban J connectivity index is 2.06. The number of H-pyrrole nitrogens is 1. The van der Waals surface area contributed by atoms with Gasteiger partial charge >= 0.3 is 0 Å². The van der Waals surface area contributed by atoms with Crippen LogP contribution in [0.4, 0.5) is 0 Å². The zero-order valence-electron chi connectivity index (χ0n) is 11.4. The van der Waals surface area contributed by atoms with Gasteiger partial charge < -0.3 is 9.47 Å². The molecule has 21 heavy (non-hydrogen) atoms. The van der Waals surface area contributed by atoms with E-state index in [0.717, 1.165) is 27.9 Å². The molecule has 1 aliphatic rings. The Morgan fingerprint density at radius 2 is 2.29 bits per heavy atom. The van der Waals surface area contributed by atoms with E-state index < -0.39 is 0 Å². The standard InChI is InChI=1S/C15H13N3O3/c1-20-10-2-3-13-11(6-10)14-12(7-16-13)15(19)18(17-14)9-4-5-21-8-9/h2-4,6-7,17H,5,8H2,1H3. The van der Waals surface area contributed by atoms with Crippen molar-refractivity contribution in [1.29, 1.82) is 0 Å². The van der Waals surface area contributed by atoms with Crippen molar-refractivity contribution in [1.82, 2.24) is 14.8 Å². The third-order valence-corrected chi connectivity index (χ3v) is 3.71. The normalized spacial score (nSPS) is 14.8. The summed E-state index contributed by atoms with van der Waals surface area (Å²) in [6.07, 6.45) is 3.50. The number of rotatable bonds is 2. The first-order chi connectivity index (χ1) is 10.3. The molecule has 106 valence electrons. The van der Waals surface area contributed by atoms with E-state index in [2.05, 4.69) is 10.1 Å². The van der Waals surface area contributed by atoms with E-state index in [1.807, 2.05) is 24.3 Å². The van der Waals surface area contributed by atoms with Crippen LogP contribution in [0.15, 0.2) is 35.3 Å². The first kappa shape index (κ1) is 12.2. The smallest absolute Gasteiger partial charge is 0.280 e. The molecule has 2 aromatic heterocycles. The van der Waals surface area contributed by atoms with Crippen molar-refractivity contribution in [2.24, 2.45) is 0 Å². The number of ether oxygens (including phenoxy) is 2. The van der Waals surface area contributed by atoms with Gasteiger partial charge in [-0.2, -0.15) is 0 Å². The summed E-state index contributed by atoms with van der Waals surface area (Å²) in [4.78, 5) is 16.8. The zero-order chi connectivity index (χ0) is 14.4. The van der Waals surface area contributed by atoms with Crippen molar-refractivity contribution in [3.05, 3.63) is 40.8 Å². The van der Waals surface area contributed by atoms with E-state index in [-0.39, 0.29) is 5.56 Å². The molecular weight excluding hydrogens is 270 g/mol. The zero-order valence-corrected chi connectivity index (χ0v) is 11.4. The Morgan fingerprint density at radius 1 is 1.38 bits per heavy atom. The minimum Gasteiger partial charge on any atom is -0.497 e. The molecule has 0 saturated heterocycles. The van der Waals surface area contributed by atoms with Crippen molar-refractivity contribution in [3.8, 4) is 5.75 Å². The minimum atomic E-state index is -0.112. The molecular formula is C15H13N3O3. The quantitative estimate of drug-likeness (QED) is 0.778. The Morgan fingerprint density at radius 3 is 3.05 bits per heavy atom. The van der Waals surface area contributed by atoms with E-state index in [0.29, 0.717) is 18.6 Å². The molecule has 0 aliphatic carbocycles. The van der Waals surface area contributed by atoms with Crippen LogP contribution in [0.1, 0.15) is 0 Å². The Bertz CT molecular complexity index is 936. The Kier molecular flexibility index (Phi) is 2.58. The molecule has 1 aliphatic heterocycles. The number of nitrogens with zero attached hydrogens (tertiary/aromatic N) is 2. The van der Waals surface area contributed by atoms with Crippen LogP contribution in [0.5, 0.6) is 5.75 Å². The van der Waals surface area contributed by atoms with E-state index in [9.17, 15) is 4.79 Å². The average molecular weight is 283 g/mol. The predicted molar refractivity (Wildman–Crippen MR) is 79.5 cm³/mol. The van der Waals surface area contributed by atoms with Crippen molar-refractivity contribution in [2.75, 3.05) is 20.3 Å². The minimum absolute atomic E-state index is 0.112. The molecule has 0 bridgehead atoms. The lowest BCUT2D eigenvalue weighted by Crippen LogP contribution is -2.16. The lowest BCUT2D eigenvalue weighted by atomic mass is 10.1. The van der Waals surface area contributed by atoms with Gasteiger partial charge in [-0.05, 0) is 24.3 Å². The summed E-state index contributed by atoms with van der Waals surface area (Å²) in [6, 6.07) is 5.61. The van der Waals surface area contributed by atoms with Crippen LogP contribution >= 0.6 is 0 Å². The van der Waals surface area contributed by atoms with Gasteiger partial charge in [-0.1, -0.05) is 0 Å². The van der Waals surface area contributed by atoms with Gasteiger partial charge in [-0.3, -0.25) is 14.9 Å². The largest absolute Gasteiger partial charge is 0.497 e.